The first-order valence-corrected chi connectivity index (χ1v) is 16.7. The van der Waals surface area contributed by atoms with Crippen molar-refractivity contribution >= 4 is 26.7 Å². The van der Waals surface area contributed by atoms with E-state index in [9.17, 15) is 13.2 Å². The van der Waals surface area contributed by atoms with Gasteiger partial charge < -0.3 is 9.80 Å². The fraction of sp³-hybridized carbons (Fsp3) is 0.343. The number of piperidine rings is 1. The lowest BCUT2D eigenvalue weighted by atomic mass is 9.78. The van der Waals surface area contributed by atoms with Gasteiger partial charge in [-0.3, -0.25) is 9.69 Å². The molecule has 2 saturated heterocycles. The molecule has 7 nitrogen and oxygen atoms in total. The minimum Gasteiger partial charge on any atom is -0.342 e. The van der Waals surface area contributed by atoms with Gasteiger partial charge in [-0.2, -0.15) is 0 Å². The smallest absolute Gasteiger partial charge is 0.241 e. The SMILES string of the molecule is CN1CCN(C2(c3ccccc3)CCN(C(=O)CC(NS(=O)(=O)c3ccc4ccccc4c3)c3ccccc3)CC2)CC1. The summed E-state index contributed by atoms with van der Waals surface area (Å²) < 4.78 is 30.1. The summed E-state index contributed by atoms with van der Waals surface area (Å²) in [5.74, 6) is -0.0323. The van der Waals surface area contributed by atoms with E-state index in [1.165, 1.54) is 5.56 Å². The van der Waals surface area contributed by atoms with Crippen molar-refractivity contribution in [2.75, 3.05) is 46.3 Å². The number of sulfonamides is 1. The van der Waals surface area contributed by atoms with Gasteiger partial charge in [-0.25, -0.2) is 13.1 Å². The van der Waals surface area contributed by atoms with Gasteiger partial charge in [-0.1, -0.05) is 91.0 Å². The Labute approximate surface area is 255 Å². The van der Waals surface area contributed by atoms with E-state index in [1.54, 1.807) is 12.1 Å². The van der Waals surface area contributed by atoms with Gasteiger partial charge in [0.2, 0.25) is 15.9 Å². The third kappa shape index (κ3) is 6.38. The largest absolute Gasteiger partial charge is 0.342 e. The molecule has 1 N–H and O–H groups in total. The summed E-state index contributed by atoms with van der Waals surface area (Å²) in [5.41, 5.74) is 1.99. The fourth-order valence-electron chi connectivity index (χ4n) is 6.70. The Hall–Kier alpha value is -3.56. The number of nitrogens with one attached hydrogen (secondary N) is 1. The first-order valence-electron chi connectivity index (χ1n) is 15.2. The van der Waals surface area contributed by atoms with Gasteiger partial charge in [0, 0.05) is 51.2 Å². The number of fused-ring (bicyclic) bond motifs is 1. The third-order valence-corrected chi connectivity index (χ3v) is 10.7. The number of hydrogen-bond acceptors (Lipinski definition) is 5. The molecule has 2 heterocycles. The first kappa shape index (κ1) is 29.5. The molecule has 0 radical (unpaired) electrons. The van der Waals surface area contributed by atoms with E-state index in [2.05, 4.69) is 51.9 Å². The van der Waals surface area contributed by atoms with Crippen molar-refractivity contribution < 1.29 is 13.2 Å². The standard InChI is InChI=1S/C35H40N4O3S/c1-37-22-24-39(25-23-37)35(31-14-6-3-7-15-31)18-20-38(21-19-35)34(40)27-33(29-11-4-2-5-12-29)36-43(41,42)32-17-16-28-10-8-9-13-30(28)26-32/h2-17,26,33,36H,18-25,27H2,1H3. The summed E-state index contributed by atoms with van der Waals surface area (Å²) in [7, 11) is -1.71. The Morgan fingerprint density at radius 1 is 0.767 bits per heavy atom. The number of likely N-dealkylation sites (tertiary alicyclic amines) is 1. The van der Waals surface area contributed by atoms with E-state index >= 15 is 0 Å². The predicted octanol–water partition coefficient (Wildman–Crippen LogP) is 5.01. The van der Waals surface area contributed by atoms with Crippen molar-refractivity contribution in [3.63, 3.8) is 0 Å². The molecule has 1 atom stereocenters. The van der Waals surface area contributed by atoms with E-state index < -0.39 is 16.1 Å². The van der Waals surface area contributed by atoms with Gasteiger partial charge in [0.1, 0.15) is 0 Å². The number of nitrogens with zero attached hydrogens (tertiary/aromatic N) is 3. The summed E-state index contributed by atoms with van der Waals surface area (Å²) >= 11 is 0. The minimum absolute atomic E-state index is 0.0323. The van der Waals surface area contributed by atoms with Crippen molar-refractivity contribution in [3.8, 4) is 0 Å². The molecular formula is C35H40N4O3S. The fourth-order valence-corrected chi connectivity index (χ4v) is 7.96. The van der Waals surface area contributed by atoms with Crippen LogP contribution in [0.15, 0.2) is 108 Å². The molecule has 0 aliphatic carbocycles. The average molecular weight is 597 g/mol. The second kappa shape index (κ2) is 12.6. The third-order valence-electron chi connectivity index (χ3n) is 9.27. The van der Waals surface area contributed by atoms with Gasteiger partial charge in [0.25, 0.3) is 0 Å². The molecule has 0 saturated carbocycles. The Morgan fingerprint density at radius 3 is 2.05 bits per heavy atom. The molecule has 0 spiro atoms. The maximum absolute atomic E-state index is 13.8. The van der Waals surface area contributed by atoms with Crippen LogP contribution in [0.2, 0.25) is 0 Å². The molecule has 4 aromatic rings. The maximum atomic E-state index is 13.8. The van der Waals surface area contributed by atoms with E-state index in [0.717, 1.165) is 55.4 Å². The topological polar surface area (TPSA) is 73.0 Å². The van der Waals surface area contributed by atoms with Crippen LogP contribution in [-0.2, 0) is 20.4 Å². The van der Waals surface area contributed by atoms with Crippen molar-refractivity contribution in [1.29, 1.82) is 0 Å². The average Bonchev–Trinajstić information content (AvgIpc) is 3.05. The maximum Gasteiger partial charge on any atom is 0.241 e. The highest BCUT2D eigenvalue weighted by atomic mass is 32.2. The van der Waals surface area contributed by atoms with E-state index in [4.69, 9.17) is 0 Å². The second-order valence-corrected chi connectivity index (χ2v) is 13.6. The van der Waals surface area contributed by atoms with Crippen LogP contribution in [0.3, 0.4) is 0 Å². The van der Waals surface area contributed by atoms with Crippen LogP contribution >= 0.6 is 0 Å². The zero-order chi connectivity index (χ0) is 29.9. The van der Waals surface area contributed by atoms with Crippen LogP contribution in [0, 0.1) is 0 Å². The Morgan fingerprint density at radius 2 is 1.37 bits per heavy atom. The molecule has 6 rings (SSSR count). The number of carbonyl (C=O) groups is 1. The molecular weight excluding hydrogens is 556 g/mol. The highest BCUT2D eigenvalue weighted by Gasteiger charge is 2.43. The van der Waals surface area contributed by atoms with Gasteiger partial charge in [0.05, 0.1) is 10.9 Å². The lowest BCUT2D eigenvalue weighted by molar-refractivity contribution is -0.135. The van der Waals surface area contributed by atoms with E-state index in [-0.39, 0.29) is 22.8 Å². The molecule has 224 valence electrons. The molecule has 1 amide bonds. The summed E-state index contributed by atoms with van der Waals surface area (Å²) in [6, 6.07) is 32.3. The Kier molecular flexibility index (Phi) is 8.63. The van der Waals surface area contributed by atoms with Crippen LogP contribution in [0.5, 0.6) is 0 Å². The van der Waals surface area contributed by atoms with Crippen LogP contribution in [0.25, 0.3) is 10.8 Å². The number of hydrogen-bond donors (Lipinski definition) is 1. The normalized spacial score (nSPS) is 18.9. The summed E-state index contributed by atoms with van der Waals surface area (Å²) in [4.78, 5) is 20.9. The molecule has 0 bridgehead atoms. The molecule has 4 aromatic carbocycles. The highest BCUT2D eigenvalue weighted by Crippen LogP contribution is 2.40. The van der Waals surface area contributed by atoms with Crippen molar-refractivity contribution in [2.24, 2.45) is 0 Å². The number of rotatable bonds is 8. The molecule has 2 fully saturated rings. The van der Waals surface area contributed by atoms with Gasteiger partial charge in [0.15, 0.2) is 0 Å². The quantitative estimate of drug-likeness (QED) is 0.310. The molecule has 43 heavy (non-hydrogen) atoms. The summed E-state index contributed by atoms with van der Waals surface area (Å²) in [6.07, 6.45) is 1.76. The molecule has 8 heteroatoms. The van der Waals surface area contributed by atoms with Crippen molar-refractivity contribution in [3.05, 3.63) is 114 Å². The minimum atomic E-state index is -3.88. The highest BCUT2D eigenvalue weighted by molar-refractivity contribution is 7.89. The summed E-state index contributed by atoms with van der Waals surface area (Å²) in [5, 5.41) is 1.83. The number of amides is 1. The lowest BCUT2D eigenvalue weighted by Gasteiger charge is -2.51. The van der Waals surface area contributed by atoms with E-state index in [0.29, 0.717) is 13.1 Å². The van der Waals surface area contributed by atoms with Crippen molar-refractivity contribution in [1.82, 2.24) is 19.4 Å². The number of piperazine rings is 1. The van der Waals surface area contributed by atoms with Gasteiger partial charge >= 0.3 is 0 Å². The Bertz CT molecular complexity index is 1650. The van der Waals surface area contributed by atoms with Crippen LogP contribution in [0.4, 0.5) is 0 Å². The molecule has 2 aliphatic rings. The zero-order valence-corrected chi connectivity index (χ0v) is 25.5. The summed E-state index contributed by atoms with van der Waals surface area (Å²) in [6.45, 7) is 5.36. The second-order valence-electron chi connectivity index (χ2n) is 11.9. The molecule has 0 aromatic heterocycles. The molecule has 1 unspecified atom stereocenters. The van der Waals surface area contributed by atoms with Crippen LogP contribution in [0.1, 0.15) is 36.4 Å². The lowest BCUT2D eigenvalue weighted by Crippen LogP contribution is -2.59. The van der Waals surface area contributed by atoms with Gasteiger partial charge in [-0.15, -0.1) is 0 Å². The first-order chi connectivity index (χ1) is 20.8. The molecule has 2 aliphatic heterocycles. The predicted molar refractivity (Wildman–Crippen MR) is 171 cm³/mol. The van der Waals surface area contributed by atoms with Crippen LogP contribution < -0.4 is 4.72 Å². The monoisotopic (exact) mass is 596 g/mol. The number of likely N-dealkylation sites (N-methyl/N-ethyl adjacent to an activating group) is 1. The number of carbonyl (C=O) groups excluding carboxylic acids is 1. The number of benzene rings is 4. The van der Waals surface area contributed by atoms with Crippen LogP contribution in [-0.4, -0.2) is 75.3 Å². The van der Waals surface area contributed by atoms with E-state index in [1.807, 2.05) is 65.6 Å². The van der Waals surface area contributed by atoms with Gasteiger partial charge in [-0.05, 0) is 53.9 Å². The van der Waals surface area contributed by atoms with Crippen molar-refractivity contribution in [2.45, 2.75) is 35.7 Å². The Balaban J connectivity index is 1.20. The zero-order valence-electron chi connectivity index (χ0n) is 24.7.